The molecule has 0 aliphatic heterocycles. The summed E-state index contributed by atoms with van der Waals surface area (Å²) in [6.45, 7) is 3.72. The molecule has 0 radical (unpaired) electrons. The number of carbonyl (C=O) groups excluding carboxylic acids is 1. The van der Waals surface area contributed by atoms with Gasteiger partial charge in [0.2, 0.25) is 11.9 Å². The SMILES string of the molecule is C=CC(=O)Nc1nc(CCn2c(=O)c(-c3cc(OC)cc(OC)c3Cl)cc3cnc(NC)nc32)cs1. The molecular weight excluding hydrogens is 504 g/mol. The second-order valence-corrected chi connectivity index (χ2v) is 8.75. The molecule has 36 heavy (non-hydrogen) atoms. The topological polar surface area (TPSA) is 120 Å². The number of aromatic nitrogens is 4. The largest absolute Gasteiger partial charge is 0.497 e. The van der Waals surface area contributed by atoms with Crippen molar-refractivity contribution in [3.05, 3.63) is 63.5 Å². The van der Waals surface area contributed by atoms with E-state index < -0.39 is 0 Å². The number of nitrogens with one attached hydrogen (secondary N) is 2. The Morgan fingerprint density at radius 1 is 1.22 bits per heavy atom. The number of nitrogens with zero attached hydrogens (tertiary/aromatic N) is 4. The maximum Gasteiger partial charge on any atom is 0.260 e. The van der Waals surface area contributed by atoms with E-state index in [9.17, 15) is 9.59 Å². The molecule has 0 aliphatic carbocycles. The molecule has 0 saturated carbocycles. The number of fused-ring (bicyclic) bond motifs is 1. The highest BCUT2D eigenvalue weighted by atomic mass is 35.5. The number of halogens is 1. The lowest BCUT2D eigenvalue weighted by molar-refractivity contribution is -0.111. The van der Waals surface area contributed by atoms with Crippen molar-refractivity contribution in [2.24, 2.45) is 0 Å². The summed E-state index contributed by atoms with van der Waals surface area (Å²) in [6, 6.07) is 5.05. The minimum atomic E-state index is -0.340. The Morgan fingerprint density at radius 2 is 2.03 bits per heavy atom. The van der Waals surface area contributed by atoms with E-state index in [4.69, 9.17) is 21.1 Å². The van der Waals surface area contributed by atoms with Crippen LogP contribution in [0.25, 0.3) is 22.2 Å². The van der Waals surface area contributed by atoms with Crippen LogP contribution in [-0.4, -0.2) is 46.7 Å². The van der Waals surface area contributed by atoms with Crippen LogP contribution >= 0.6 is 22.9 Å². The summed E-state index contributed by atoms with van der Waals surface area (Å²) < 4.78 is 12.3. The van der Waals surface area contributed by atoms with E-state index >= 15 is 0 Å². The fourth-order valence-electron chi connectivity index (χ4n) is 3.58. The van der Waals surface area contributed by atoms with Gasteiger partial charge in [0.25, 0.3) is 5.56 Å². The van der Waals surface area contributed by atoms with E-state index in [2.05, 4.69) is 32.2 Å². The molecule has 3 heterocycles. The van der Waals surface area contributed by atoms with Gasteiger partial charge in [-0.25, -0.2) is 9.97 Å². The number of thiazole rings is 1. The van der Waals surface area contributed by atoms with Crippen LogP contribution in [0.3, 0.4) is 0 Å². The average molecular weight is 527 g/mol. The van der Waals surface area contributed by atoms with Crippen molar-refractivity contribution in [3.8, 4) is 22.6 Å². The smallest absolute Gasteiger partial charge is 0.260 e. The number of benzene rings is 1. The molecule has 1 aromatic carbocycles. The molecular formula is C24H23ClN6O4S. The van der Waals surface area contributed by atoms with E-state index in [0.717, 1.165) is 0 Å². The summed E-state index contributed by atoms with van der Waals surface area (Å²) >= 11 is 7.90. The predicted molar refractivity (Wildman–Crippen MR) is 142 cm³/mol. The van der Waals surface area contributed by atoms with Crippen molar-refractivity contribution in [2.45, 2.75) is 13.0 Å². The van der Waals surface area contributed by atoms with Gasteiger partial charge in [-0.2, -0.15) is 4.98 Å². The highest BCUT2D eigenvalue weighted by Gasteiger charge is 2.19. The van der Waals surface area contributed by atoms with Gasteiger partial charge in [-0.1, -0.05) is 18.2 Å². The zero-order chi connectivity index (χ0) is 25.8. The number of carbonyl (C=O) groups is 1. The summed E-state index contributed by atoms with van der Waals surface area (Å²) in [5.41, 5.74) is 1.70. The highest BCUT2D eigenvalue weighted by Crippen LogP contribution is 2.38. The molecule has 2 N–H and O–H groups in total. The Labute approximate surface area is 215 Å². The molecule has 186 valence electrons. The van der Waals surface area contributed by atoms with E-state index in [1.807, 2.05) is 5.38 Å². The highest BCUT2D eigenvalue weighted by molar-refractivity contribution is 7.13. The third-order valence-electron chi connectivity index (χ3n) is 5.37. The standard InChI is InChI=1S/C24H23ClN6O4S/c1-5-19(32)29-24-28-14(12-36-24)6-7-31-21-13(11-27-23(26-2)30-21)8-17(22(31)33)16-9-15(34-3)10-18(35-4)20(16)25/h5,8-12H,1,6-7H2,2-4H3,(H,26,27,30)(H,28,29,32). The molecule has 0 bridgehead atoms. The second kappa shape index (κ2) is 10.8. The van der Waals surface area contributed by atoms with Crippen LogP contribution in [0.2, 0.25) is 5.02 Å². The van der Waals surface area contributed by atoms with Crippen molar-refractivity contribution in [3.63, 3.8) is 0 Å². The number of anilines is 2. The molecule has 0 aliphatic rings. The molecule has 0 saturated heterocycles. The molecule has 0 fully saturated rings. The predicted octanol–water partition coefficient (Wildman–Crippen LogP) is 3.99. The first-order valence-electron chi connectivity index (χ1n) is 10.8. The third kappa shape index (κ3) is 5.02. The fraction of sp³-hybridized carbons (Fsp3) is 0.208. The number of rotatable bonds is 9. The van der Waals surface area contributed by atoms with E-state index in [0.29, 0.717) is 56.9 Å². The molecule has 1 amide bonds. The van der Waals surface area contributed by atoms with Crippen LogP contribution in [0.15, 0.2) is 47.2 Å². The third-order valence-corrected chi connectivity index (χ3v) is 6.56. The maximum absolute atomic E-state index is 13.8. The number of aryl methyl sites for hydroxylation is 2. The van der Waals surface area contributed by atoms with Crippen LogP contribution < -0.4 is 25.7 Å². The number of amides is 1. The lowest BCUT2D eigenvalue weighted by Gasteiger charge is -2.15. The summed E-state index contributed by atoms with van der Waals surface area (Å²) in [6.07, 6.45) is 3.24. The van der Waals surface area contributed by atoms with Crippen LogP contribution in [0.5, 0.6) is 11.5 Å². The van der Waals surface area contributed by atoms with Gasteiger partial charge in [0.1, 0.15) is 17.1 Å². The van der Waals surface area contributed by atoms with Crippen molar-refractivity contribution in [1.82, 2.24) is 19.5 Å². The van der Waals surface area contributed by atoms with Crippen LogP contribution in [0.1, 0.15) is 5.69 Å². The Morgan fingerprint density at radius 3 is 2.72 bits per heavy atom. The number of hydrogen-bond donors (Lipinski definition) is 2. The molecule has 0 spiro atoms. The van der Waals surface area contributed by atoms with Crippen molar-refractivity contribution >= 4 is 51.0 Å². The van der Waals surface area contributed by atoms with Crippen LogP contribution in [0.4, 0.5) is 11.1 Å². The van der Waals surface area contributed by atoms with Gasteiger partial charge in [-0.05, 0) is 18.2 Å². The summed E-state index contributed by atoms with van der Waals surface area (Å²) in [7, 11) is 4.72. The molecule has 10 nitrogen and oxygen atoms in total. The van der Waals surface area contributed by atoms with Gasteiger partial charge in [-0.15, -0.1) is 11.3 Å². The number of methoxy groups -OCH3 is 2. The quantitative estimate of drug-likeness (QED) is 0.314. The van der Waals surface area contributed by atoms with Crippen LogP contribution in [0, 0.1) is 0 Å². The van der Waals surface area contributed by atoms with Gasteiger partial charge in [0, 0.05) is 54.2 Å². The first-order chi connectivity index (χ1) is 17.4. The Balaban J connectivity index is 1.82. The Bertz CT molecular complexity index is 1520. The number of hydrogen-bond acceptors (Lipinski definition) is 9. The first-order valence-corrected chi connectivity index (χ1v) is 12.0. The second-order valence-electron chi connectivity index (χ2n) is 7.52. The van der Waals surface area contributed by atoms with Crippen LogP contribution in [-0.2, 0) is 17.8 Å². The lowest BCUT2D eigenvalue weighted by Crippen LogP contribution is -2.24. The van der Waals surface area contributed by atoms with Crippen molar-refractivity contribution < 1.29 is 14.3 Å². The Hall–Kier alpha value is -3.96. The molecule has 4 aromatic rings. The summed E-state index contributed by atoms with van der Waals surface area (Å²) in [5, 5.41) is 8.76. The van der Waals surface area contributed by atoms with E-state index in [1.54, 1.807) is 36.0 Å². The zero-order valence-corrected chi connectivity index (χ0v) is 21.4. The zero-order valence-electron chi connectivity index (χ0n) is 19.8. The molecule has 0 unspecified atom stereocenters. The van der Waals surface area contributed by atoms with Gasteiger partial charge in [-0.3, -0.25) is 19.5 Å². The lowest BCUT2D eigenvalue weighted by atomic mass is 10.0. The fourth-order valence-corrected chi connectivity index (χ4v) is 4.61. The molecule has 4 rings (SSSR count). The average Bonchev–Trinajstić information content (AvgIpc) is 3.34. The molecule has 12 heteroatoms. The van der Waals surface area contributed by atoms with Gasteiger partial charge < -0.3 is 14.8 Å². The van der Waals surface area contributed by atoms with E-state index in [1.165, 1.54) is 31.6 Å². The summed E-state index contributed by atoms with van der Waals surface area (Å²) in [4.78, 5) is 38.6. The summed E-state index contributed by atoms with van der Waals surface area (Å²) in [5.74, 6) is 0.923. The minimum Gasteiger partial charge on any atom is -0.497 e. The molecule has 3 aromatic heterocycles. The van der Waals surface area contributed by atoms with Crippen molar-refractivity contribution in [2.75, 3.05) is 31.9 Å². The maximum atomic E-state index is 13.8. The molecule has 0 atom stereocenters. The monoisotopic (exact) mass is 526 g/mol. The van der Waals surface area contributed by atoms with E-state index in [-0.39, 0.29) is 23.0 Å². The Kier molecular flexibility index (Phi) is 7.51. The van der Waals surface area contributed by atoms with Gasteiger partial charge in [0.15, 0.2) is 5.13 Å². The first kappa shape index (κ1) is 25.1. The van der Waals surface area contributed by atoms with Gasteiger partial charge >= 0.3 is 0 Å². The number of ether oxygens (including phenoxy) is 2. The van der Waals surface area contributed by atoms with Crippen molar-refractivity contribution in [1.29, 1.82) is 0 Å². The number of pyridine rings is 1. The normalized spacial score (nSPS) is 10.8. The minimum absolute atomic E-state index is 0.278. The van der Waals surface area contributed by atoms with Gasteiger partial charge in [0.05, 0.1) is 24.9 Å².